The predicted octanol–water partition coefficient (Wildman–Crippen LogP) is 3.09. The van der Waals surface area contributed by atoms with Crippen LogP contribution in [0, 0.1) is 6.92 Å². The number of carbonyl (C=O) groups is 1. The third-order valence-corrected chi connectivity index (χ3v) is 1.60. The van der Waals surface area contributed by atoms with Gasteiger partial charge in [0.15, 0.2) is 12.0 Å². The maximum atomic E-state index is 9.77. The van der Waals surface area contributed by atoms with Crippen LogP contribution in [0.2, 0.25) is 0 Å². The lowest BCUT2D eigenvalue weighted by Crippen LogP contribution is -1.65. The van der Waals surface area contributed by atoms with Gasteiger partial charge in [-0.15, -0.1) is 0 Å². The summed E-state index contributed by atoms with van der Waals surface area (Å²) in [5.74, 6) is 0.375. The van der Waals surface area contributed by atoms with Crippen molar-refractivity contribution in [3.8, 4) is 0 Å². The average Bonchev–Trinajstić information content (AvgIpc) is 2.72. The molecule has 0 amide bonds. The summed E-state index contributed by atoms with van der Waals surface area (Å²) in [4.78, 5) is 9.77. The molecule has 2 aromatic rings. The number of rotatable bonds is 1. The van der Waals surface area contributed by atoms with Crippen LogP contribution in [0.15, 0.2) is 53.1 Å². The minimum atomic E-state index is 0.375. The molecule has 1 aromatic carbocycles. The predicted molar refractivity (Wildman–Crippen MR) is 55.3 cm³/mol. The molecule has 0 aliphatic rings. The summed E-state index contributed by atoms with van der Waals surface area (Å²) in [5.41, 5.74) is 1.32. The monoisotopic (exact) mass is 188 g/mol. The van der Waals surface area contributed by atoms with Crippen molar-refractivity contribution in [2.75, 3.05) is 0 Å². The SMILES string of the molecule is Cc1ccccc1.O=Cc1ccco1. The summed E-state index contributed by atoms with van der Waals surface area (Å²) in [7, 11) is 0. The Hall–Kier alpha value is -1.83. The minimum Gasteiger partial charge on any atom is -0.462 e. The van der Waals surface area contributed by atoms with E-state index in [1.54, 1.807) is 12.1 Å². The molecule has 0 spiro atoms. The van der Waals surface area contributed by atoms with Gasteiger partial charge >= 0.3 is 0 Å². The van der Waals surface area contributed by atoms with Crippen LogP contribution < -0.4 is 0 Å². The van der Waals surface area contributed by atoms with E-state index in [0.717, 1.165) is 0 Å². The lowest BCUT2D eigenvalue weighted by Gasteiger charge is -1.82. The Kier molecular flexibility index (Phi) is 4.21. The summed E-state index contributed by atoms with van der Waals surface area (Å²) >= 11 is 0. The van der Waals surface area contributed by atoms with Gasteiger partial charge < -0.3 is 4.42 Å². The molecule has 0 saturated heterocycles. The summed E-state index contributed by atoms with van der Waals surface area (Å²) in [5, 5.41) is 0. The molecule has 1 heterocycles. The van der Waals surface area contributed by atoms with Crippen molar-refractivity contribution < 1.29 is 9.21 Å². The zero-order valence-electron chi connectivity index (χ0n) is 8.01. The van der Waals surface area contributed by atoms with E-state index in [-0.39, 0.29) is 0 Å². The van der Waals surface area contributed by atoms with Crippen LogP contribution in [0.1, 0.15) is 16.1 Å². The van der Waals surface area contributed by atoms with Crippen molar-refractivity contribution >= 4 is 6.29 Å². The minimum absolute atomic E-state index is 0.375. The Balaban J connectivity index is 0.000000140. The Labute approximate surface area is 83.2 Å². The second kappa shape index (κ2) is 5.75. The molecular formula is C12H12O2. The molecule has 0 aliphatic carbocycles. The van der Waals surface area contributed by atoms with Crippen LogP contribution in [0.25, 0.3) is 0 Å². The molecular weight excluding hydrogens is 176 g/mol. The van der Waals surface area contributed by atoms with Gasteiger partial charge in [0.05, 0.1) is 6.26 Å². The van der Waals surface area contributed by atoms with E-state index in [4.69, 9.17) is 0 Å². The first-order chi connectivity index (χ1) is 6.83. The number of hydrogen-bond donors (Lipinski definition) is 0. The summed E-state index contributed by atoms with van der Waals surface area (Å²) in [6.45, 7) is 2.08. The van der Waals surface area contributed by atoms with E-state index in [0.29, 0.717) is 12.0 Å². The molecule has 0 bridgehead atoms. The first-order valence-electron chi connectivity index (χ1n) is 4.33. The van der Waals surface area contributed by atoms with Crippen LogP contribution >= 0.6 is 0 Å². The van der Waals surface area contributed by atoms with E-state index in [2.05, 4.69) is 23.5 Å². The van der Waals surface area contributed by atoms with Crippen molar-refractivity contribution in [2.45, 2.75) is 6.92 Å². The van der Waals surface area contributed by atoms with E-state index < -0.39 is 0 Å². The molecule has 2 nitrogen and oxygen atoms in total. The zero-order valence-corrected chi connectivity index (χ0v) is 8.01. The van der Waals surface area contributed by atoms with Crippen LogP contribution in [-0.2, 0) is 0 Å². The van der Waals surface area contributed by atoms with Gasteiger partial charge in [-0.25, -0.2) is 0 Å². The van der Waals surface area contributed by atoms with Gasteiger partial charge in [0.25, 0.3) is 0 Å². The fraction of sp³-hybridized carbons (Fsp3) is 0.0833. The van der Waals surface area contributed by atoms with Gasteiger partial charge in [-0.1, -0.05) is 35.9 Å². The standard InChI is InChI=1S/C7H8.C5H4O2/c1-7-5-3-2-4-6-7;6-4-5-2-1-3-7-5/h2-6H,1H3;1-4H. The maximum Gasteiger partial charge on any atom is 0.185 e. The lowest BCUT2D eigenvalue weighted by atomic mass is 10.2. The molecule has 0 fully saturated rings. The van der Waals surface area contributed by atoms with Crippen LogP contribution in [0.5, 0.6) is 0 Å². The third kappa shape index (κ3) is 3.72. The average molecular weight is 188 g/mol. The van der Waals surface area contributed by atoms with Gasteiger partial charge in [-0.3, -0.25) is 4.79 Å². The fourth-order valence-corrected chi connectivity index (χ4v) is 0.893. The Bertz CT molecular complexity index is 349. The Morgan fingerprint density at radius 2 is 1.79 bits per heavy atom. The molecule has 72 valence electrons. The van der Waals surface area contributed by atoms with Crippen molar-refractivity contribution in [3.63, 3.8) is 0 Å². The maximum absolute atomic E-state index is 9.77. The molecule has 0 N–H and O–H groups in total. The van der Waals surface area contributed by atoms with Crippen LogP contribution in [0.4, 0.5) is 0 Å². The second-order valence-electron chi connectivity index (χ2n) is 2.79. The Morgan fingerprint density at radius 1 is 1.07 bits per heavy atom. The summed E-state index contributed by atoms with van der Waals surface area (Å²) < 4.78 is 4.61. The summed E-state index contributed by atoms with van der Waals surface area (Å²) in [6.07, 6.45) is 2.13. The van der Waals surface area contributed by atoms with Crippen LogP contribution in [0.3, 0.4) is 0 Å². The first-order valence-corrected chi connectivity index (χ1v) is 4.33. The van der Waals surface area contributed by atoms with Gasteiger partial charge in [0.2, 0.25) is 0 Å². The largest absolute Gasteiger partial charge is 0.462 e. The van der Waals surface area contributed by atoms with Gasteiger partial charge in [-0.05, 0) is 19.1 Å². The normalized spacial score (nSPS) is 8.64. The van der Waals surface area contributed by atoms with Gasteiger partial charge in [0, 0.05) is 0 Å². The van der Waals surface area contributed by atoms with Gasteiger partial charge in [0.1, 0.15) is 0 Å². The van der Waals surface area contributed by atoms with Gasteiger partial charge in [-0.2, -0.15) is 0 Å². The van der Waals surface area contributed by atoms with E-state index in [9.17, 15) is 4.79 Å². The zero-order chi connectivity index (χ0) is 10.2. The third-order valence-electron chi connectivity index (χ3n) is 1.60. The molecule has 2 rings (SSSR count). The lowest BCUT2D eigenvalue weighted by molar-refractivity contribution is 0.110. The quantitative estimate of drug-likeness (QED) is 0.644. The molecule has 14 heavy (non-hydrogen) atoms. The van der Waals surface area contributed by atoms with Crippen molar-refractivity contribution in [3.05, 3.63) is 60.1 Å². The van der Waals surface area contributed by atoms with Crippen molar-refractivity contribution in [2.24, 2.45) is 0 Å². The number of hydrogen-bond acceptors (Lipinski definition) is 2. The van der Waals surface area contributed by atoms with E-state index in [1.807, 2.05) is 18.2 Å². The smallest absolute Gasteiger partial charge is 0.185 e. The highest BCUT2D eigenvalue weighted by atomic mass is 16.3. The number of furan rings is 1. The molecule has 0 unspecified atom stereocenters. The highest BCUT2D eigenvalue weighted by Gasteiger charge is 1.84. The number of benzene rings is 1. The molecule has 2 heteroatoms. The fourth-order valence-electron chi connectivity index (χ4n) is 0.893. The second-order valence-corrected chi connectivity index (χ2v) is 2.79. The molecule has 0 aliphatic heterocycles. The number of aryl methyl sites for hydroxylation is 1. The molecule has 0 saturated carbocycles. The topological polar surface area (TPSA) is 30.2 Å². The van der Waals surface area contributed by atoms with E-state index in [1.165, 1.54) is 11.8 Å². The number of aldehydes is 1. The highest BCUT2D eigenvalue weighted by molar-refractivity contribution is 5.69. The molecule has 0 radical (unpaired) electrons. The van der Waals surface area contributed by atoms with E-state index >= 15 is 0 Å². The molecule has 0 atom stereocenters. The Morgan fingerprint density at radius 3 is 2.07 bits per heavy atom. The van der Waals surface area contributed by atoms with Crippen molar-refractivity contribution in [1.29, 1.82) is 0 Å². The van der Waals surface area contributed by atoms with Crippen LogP contribution in [-0.4, -0.2) is 6.29 Å². The highest BCUT2D eigenvalue weighted by Crippen LogP contribution is 1.93. The summed E-state index contributed by atoms with van der Waals surface area (Å²) in [6, 6.07) is 13.5. The first kappa shape index (κ1) is 10.3. The van der Waals surface area contributed by atoms with Crippen molar-refractivity contribution in [1.82, 2.24) is 0 Å². The molecule has 1 aromatic heterocycles. The number of carbonyl (C=O) groups excluding carboxylic acids is 1.